The highest BCUT2D eigenvalue weighted by Gasteiger charge is 2.24. The highest BCUT2D eigenvalue weighted by molar-refractivity contribution is 5.29. The van der Waals surface area contributed by atoms with Crippen LogP contribution in [0.3, 0.4) is 0 Å². The summed E-state index contributed by atoms with van der Waals surface area (Å²) in [6.07, 6.45) is 4.07. The number of hydrogen-bond donors (Lipinski definition) is 1. The van der Waals surface area contributed by atoms with Crippen molar-refractivity contribution in [3.63, 3.8) is 0 Å². The summed E-state index contributed by atoms with van der Waals surface area (Å²) in [6.45, 7) is 4.48. The van der Waals surface area contributed by atoms with Crippen molar-refractivity contribution in [2.45, 2.75) is 38.0 Å². The SMILES string of the molecule is COC1CCCN(CC2Cc3ccccc3CN2)C1. The van der Waals surface area contributed by atoms with Gasteiger partial charge >= 0.3 is 0 Å². The molecule has 0 bridgehead atoms. The van der Waals surface area contributed by atoms with Gasteiger partial charge in [-0.3, -0.25) is 4.90 Å². The third-order valence-corrected chi connectivity index (χ3v) is 4.44. The number of fused-ring (bicyclic) bond motifs is 1. The van der Waals surface area contributed by atoms with Crippen LogP contribution in [0.2, 0.25) is 0 Å². The minimum Gasteiger partial charge on any atom is -0.380 e. The van der Waals surface area contributed by atoms with Gasteiger partial charge in [0.2, 0.25) is 0 Å². The minimum absolute atomic E-state index is 0.435. The monoisotopic (exact) mass is 260 g/mol. The molecule has 1 N–H and O–H groups in total. The Morgan fingerprint density at radius 2 is 2.16 bits per heavy atom. The van der Waals surface area contributed by atoms with E-state index in [1.54, 1.807) is 0 Å². The number of piperidine rings is 1. The number of nitrogens with zero attached hydrogens (tertiary/aromatic N) is 1. The molecule has 2 aliphatic heterocycles. The van der Waals surface area contributed by atoms with Crippen LogP contribution in [0.25, 0.3) is 0 Å². The molecule has 0 aliphatic carbocycles. The van der Waals surface area contributed by atoms with Crippen LogP contribution in [-0.2, 0) is 17.7 Å². The maximum atomic E-state index is 5.50. The van der Waals surface area contributed by atoms with E-state index in [4.69, 9.17) is 4.74 Å². The first-order valence-corrected chi connectivity index (χ1v) is 7.40. The maximum Gasteiger partial charge on any atom is 0.0698 e. The molecule has 1 saturated heterocycles. The largest absolute Gasteiger partial charge is 0.380 e. The molecule has 3 nitrogen and oxygen atoms in total. The van der Waals surface area contributed by atoms with Gasteiger partial charge in [-0.2, -0.15) is 0 Å². The molecule has 1 aromatic carbocycles. The summed E-state index contributed by atoms with van der Waals surface area (Å²) in [5.41, 5.74) is 2.98. The molecule has 3 heteroatoms. The zero-order chi connectivity index (χ0) is 13.1. The zero-order valence-corrected chi connectivity index (χ0v) is 11.8. The normalized spacial score (nSPS) is 28.1. The Hall–Kier alpha value is -0.900. The second kappa shape index (κ2) is 6.04. The molecular weight excluding hydrogens is 236 g/mol. The van der Waals surface area contributed by atoms with Gasteiger partial charge in [0.25, 0.3) is 0 Å². The molecule has 19 heavy (non-hydrogen) atoms. The molecule has 2 heterocycles. The van der Waals surface area contributed by atoms with Gasteiger partial charge in [0, 0.05) is 32.8 Å². The zero-order valence-electron chi connectivity index (χ0n) is 11.8. The molecule has 3 rings (SSSR count). The number of nitrogens with one attached hydrogen (secondary N) is 1. The molecule has 2 atom stereocenters. The summed E-state index contributed by atoms with van der Waals surface area (Å²) in [7, 11) is 1.84. The molecule has 2 aliphatic rings. The van der Waals surface area contributed by atoms with Gasteiger partial charge in [-0.15, -0.1) is 0 Å². The lowest BCUT2D eigenvalue weighted by atomic mass is 9.95. The van der Waals surface area contributed by atoms with Gasteiger partial charge in [-0.05, 0) is 36.9 Å². The molecule has 1 aromatic rings. The number of rotatable bonds is 3. The Labute approximate surface area is 115 Å². The van der Waals surface area contributed by atoms with E-state index in [1.807, 2.05) is 7.11 Å². The van der Waals surface area contributed by atoms with Crippen molar-refractivity contribution >= 4 is 0 Å². The predicted octanol–water partition coefficient (Wildman–Crippen LogP) is 1.81. The van der Waals surface area contributed by atoms with Crippen LogP contribution in [0.1, 0.15) is 24.0 Å². The third kappa shape index (κ3) is 3.16. The quantitative estimate of drug-likeness (QED) is 0.897. The van der Waals surface area contributed by atoms with E-state index in [2.05, 4.69) is 34.5 Å². The fraction of sp³-hybridized carbons (Fsp3) is 0.625. The first-order valence-electron chi connectivity index (χ1n) is 7.40. The lowest BCUT2D eigenvalue weighted by Gasteiger charge is -2.36. The van der Waals surface area contributed by atoms with Crippen molar-refractivity contribution in [1.82, 2.24) is 10.2 Å². The Morgan fingerprint density at radius 3 is 3.00 bits per heavy atom. The van der Waals surface area contributed by atoms with Gasteiger partial charge in [0.05, 0.1) is 6.10 Å². The second-order valence-electron chi connectivity index (χ2n) is 5.81. The van der Waals surface area contributed by atoms with Crippen molar-refractivity contribution in [3.8, 4) is 0 Å². The van der Waals surface area contributed by atoms with E-state index in [-0.39, 0.29) is 0 Å². The number of ether oxygens (including phenoxy) is 1. The topological polar surface area (TPSA) is 24.5 Å². The molecule has 2 unspecified atom stereocenters. The minimum atomic E-state index is 0.435. The summed E-state index contributed by atoms with van der Waals surface area (Å²) in [5, 5.41) is 3.67. The van der Waals surface area contributed by atoms with Crippen molar-refractivity contribution in [3.05, 3.63) is 35.4 Å². The van der Waals surface area contributed by atoms with Crippen LogP contribution >= 0.6 is 0 Å². The van der Waals surface area contributed by atoms with Crippen molar-refractivity contribution in [2.24, 2.45) is 0 Å². The number of benzene rings is 1. The summed E-state index contributed by atoms with van der Waals surface area (Å²) >= 11 is 0. The third-order valence-electron chi connectivity index (χ3n) is 4.44. The Kier molecular flexibility index (Phi) is 4.16. The fourth-order valence-corrected chi connectivity index (χ4v) is 3.33. The van der Waals surface area contributed by atoms with Crippen molar-refractivity contribution < 1.29 is 4.74 Å². The molecule has 0 amide bonds. The summed E-state index contributed by atoms with van der Waals surface area (Å²) < 4.78 is 5.50. The molecule has 0 aromatic heterocycles. The molecule has 0 radical (unpaired) electrons. The van der Waals surface area contributed by atoms with Gasteiger partial charge in [-0.25, -0.2) is 0 Å². The predicted molar refractivity (Wildman–Crippen MR) is 77.2 cm³/mol. The Balaban J connectivity index is 1.57. The number of likely N-dealkylation sites (tertiary alicyclic amines) is 1. The van der Waals surface area contributed by atoms with Crippen LogP contribution in [0.5, 0.6) is 0 Å². The molecular formula is C16H24N2O. The van der Waals surface area contributed by atoms with Gasteiger partial charge in [0.1, 0.15) is 0 Å². The summed E-state index contributed by atoms with van der Waals surface area (Å²) in [4.78, 5) is 2.56. The van der Waals surface area contributed by atoms with E-state index in [0.717, 1.165) is 26.1 Å². The van der Waals surface area contributed by atoms with Crippen molar-refractivity contribution in [1.29, 1.82) is 0 Å². The van der Waals surface area contributed by atoms with Crippen LogP contribution in [0, 0.1) is 0 Å². The highest BCUT2D eigenvalue weighted by Crippen LogP contribution is 2.18. The molecule has 0 saturated carbocycles. The van der Waals surface area contributed by atoms with E-state index >= 15 is 0 Å². The second-order valence-corrected chi connectivity index (χ2v) is 5.81. The summed E-state index contributed by atoms with van der Waals surface area (Å²) in [5.74, 6) is 0. The highest BCUT2D eigenvalue weighted by atomic mass is 16.5. The summed E-state index contributed by atoms with van der Waals surface area (Å²) in [6, 6.07) is 9.39. The molecule has 104 valence electrons. The van der Waals surface area contributed by atoms with Gasteiger partial charge in [0.15, 0.2) is 0 Å². The van der Waals surface area contributed by atoms with Crippen molar-refractivity contribution in [2.75, 3.05) is 26.7 Å². The van der Waals surface area contributed by atoms with E-state index in [1.165, 1.54) is 30.5 Å². The fourth-order valence-electron chi connectivity index (χ4n) is 3.33. The van der Waals surface area contributed by atoms with E-state index in [9.17, 15) is 0 Å². The number of hydrogen-bond acceptors (Lipinski definition) is 3. The smallest absolute Gasteiger partial charge is 0.0698 e. The average Bonchev–Trinajstić information content (AvgIpc) is 2.47. The van der Waals surface area contributed by atoms with Crippen LogP contribution in [-0.4, -0.2) is 43.8 Å². The van der Waals surface area contributed by atoms with Crippen LogP contribution in [0.4, 0.5) is 0 Å². The first-order chi connectivity index (χ1) is 9.35. The lowest BCUT2D eigenvalue weighted by Crippen LogP contribution is -2.48. The van der Waals surface area contributed by atoms with E-state index in [0.29, 0.717) is 12.1 Å². The Bertz CT molecular complexity index is 421. The standard InChI is InChI=1S/C16H24N2O/c1-19-16-7-4-8-18(12-16)11-15-9-13-5-2-3-6-14(13)10-17-15/h2-3,5-6,15-17H,4,7-12H2,1H3. The van der Waals surface area contributed by atoms with Crippen LogP contribution in [0.15, 0.2) is 24.3 Å². The lowest BCUT2D eigenvalue weighted by molar-refractivity contribution is 0.0278. The first kappa shape index (κ1) is 13.1. The molecule has 1 fully saturated rings. The average molecular weight is 260 g/mol. The van der Waals surface area contributed by atoms with E-state index < -0.39 is 0 Å². The Morgan fingerprint density at radius 1 is 1.32 bits per heavy atom. The van der Waals surface area contributed by atoms with Gasteiger partial charge in [-0.1, -0.05) is 24.3 Å². The maximum absolute atomic E-state index is 5.50. The number of methoxy groups -OCH3 is 1. The molecule has 0 spiro atoms. The van der Waals surface area contributed by atoms with Gasteiger partial charge < -0.3 is 10.1 Å². The van der Waals surface area contributed by atoms with Crippen LogP contribution < -0.4 is 5.32 Å².